The highest BCUT2D eigenvalue weighted by Crippen LogP contribution is 2.41. The Morgan fingerprint density at radius 2 is 0.889 bits per heavy atom. The zero-order valence-electron chi connectivity index (χ0n) is 28.8. The molecule has 0 saturated heterocycles. The Bertz CT molecular complexity index is 2860. The Kier molecular flexibility index (Phi) is 7.30. The molecule has 0 aliphatic carbocycles. The summed E-state index contributed by atoms with van der Waals surface area (Å²) in [4.78, 5) is 44.9. The first kappa shape index (κ1) is 31.2. The Labute approximate surface area is 310 Å². The largest absolute Gasteiger partial charge is 0.308 e. The number of fused-ring (bicyclic) bond motifs is 4. The van der Waals surface area contributed by atoms with Gasteiger partial charge in [0.1, 0.15) is 0 Å². The van der Waals surface area contributed by atoms with E-state index in [-0.39, 0.29) is 11.8 Å². The van der Waals surface area contributed by atoms with E-state index < -0.39 is 0 Å². The van der Waals surface area contributed by atoms with E-state index in [1.165, 1.54) is 4.90 Å². The van der Waals surface area contributed by atoms with E-state index >= 15 is 0 Å². The molecule has 2 amide bonds. The number of benzene rings is 7. The lowest BCUT2D eigenvalue weighted by Gasteiger charge is -2.18. The van der Waals surface area contributed by atoms with Crippen LogP contribution in [0.1, 0.15) is 20.7 Å². The van der Waals surface area contributed by atoms with Crippen LogP contribution >= 0.6 is 0 Å². The molecule has 0 atom stereocenters. The average molecular weight is 696 g/mol. The van der Waals surface area contributed by atoms with Crippen LogP contribution in [-0.2, 0) is 0 Å². The van der Waals surface area contributed by atoms with E-state index in [0.29, 0.717) is 40.0 Å². The van der Waals surface area contributed by atoms with Crippen LogP contribution in [0.2, 0.25) is 0 Å². The predicted octanol–water partition coefficient (Wildman–Crippen LogP) is 10.4. The summed E-state index contributed by atoms with van der Waals surface area (Å²) in [6, 6.07) is 57.0. The van der Waals surface area contributed by atoms with Gasteiger partial charge >= 0.3 is 0 Å². The van der Waals surface area contributed by atoms with Gasteiger partial charge in [-0.15, -0.1) is 0 Å². The fourth-order valence-electron chi connectivity index (χ4n) is 7.51. The Morgan fingerprint density at radius 1 is 0.370 bits per heavy atom. The molecule has 3 heterocycles. The second kappa shape index (κ2) is 12.6. The molecule has 0 bridgehead atoms. The van der Waals surface area contributed by atoms with Gasteiger partial charge in [-0.2, -0.15) is 0 Å². The lowest BCUT2D eigenvalue weighted by Crippen LogP contribution is -2.30. The number of anilines is 1. The number of carbonyl (C=O) groups is 2. The zero-order valence-corrected chi connectivity index (χ0v) is 28.8. The van der Waals surface area contributed by atoms with E-state index in [9.17, 15) is 9.59 Å². The average Bonchev–Trinajstić information content (AvgIpc) is 3.71. The second-order valence-electron chi connectivity index (χ2n) is 13.2. The van der Waals surface area contributed by atoms with Crippen molar-refractivity contribution in [2.75, 3.05) is 4.90 Å². The molecule has 1 aliphatic heterocycles. The SMILES string of the molecule is O=C1c2cccc(-n3c4ccccc4c4cc(-c5nc(-c6ccccc6)nc(-c6ccccc6)n5)ccc43)c2C(=O)N1c1ccccc1-c1ccccc1. The molecule has 7 heteroatoms. The van der Waals surface area contributed by atoms with Gasteiger partial charge in [0.25, 0.3) is 11.8 Å². The van der Waals surface area contributed by atoms with Gasteiger partial charge in [0.15, 0.2) is 17.5 Å². The molecular weight excluding hydrogens is 667 g/mol. The van der Waals surface area contributed by atoms with Crippen LogP contribution in [0, 0.1) is 0 Å². The molecule has 7 aromatic carbocycles. The van der Waals surface area contributed by atoms with Crippen LogP contribution in [0.5, 0.6) is 0 Å². The predicted molar refractivity (Wildman–Crippen MR) is 213 cm³/mol. The molecule has 0 spiro atoms. The van der Waals surface area contributed by atoms with Gasteiger partial charge in [-0.1, -0.05) is 133 Å². The smallest absolute Gasteiger partial charge is 0.268 e. The number of amides is 2. The van der Waals surface area contributed by atoms with E-state index in [1.54, 1.807) is 6.07 Å². The highest BCUT2D eigenvalue weighted by atomic mass is 16.2. The first-order valence-corrected chi connectivity index (χ1v) is 17.7. The topological polar surface area (TPSA) is 81.0 Å². The maximum Gasteiger partial charge on any atom is 0.268 e. The highest BCUT2D eigenvalue weighted by Gasteiger charge is 2.40. The lowest BCUT2D eigenvalue weighted by atomic mass is 10.0. The highest BCUT2D eigenvalue weighted by molar-refractivity contribution is 6.36. The third kappa shape index (κ3) is 5.02. The van der Waals surface area contributed by atoms with E-state index in [0.717, 1.165) is 49.6 Å². The Hall–Kier alpha value is -7.51. The van der Waals surface area contributed by atoms with Gasteiger partial charge < -0.3 is 4.57 Å². The fraction of sp³-hybridized carbons (Fsp3) is 0. The molecular formula is C47H29N5O2. The number of nitrogens with zero attached hydrogens (tertiary/aromatic N) is 5. The van der Waals surface area contributed by atoms with Gasteiger partial charge in [0.05, 0.1) is 33.5 Å². The minimum Gasteiger partial charge on any atom is -0.308 e. The van der Waals surface area contributed by atoms with Crippen molar-refractivity contribution in [1.82, 2.24) is 19.5 Å². The van der Waals surface area contributed by atoms with Crippen molar-refractivity contribution in [2.24, 2.45) is 0 Å². The first-order valence-electron chi connectivity index (χ1n) is 17.7. The van der Waals surface area contributed by atoms with Gasteiger partial charge in [-0.05, 0) is 48.0 Å². The van der Waals surface area contributed by atoms with Crippen LogP contribution in [0.3, 0.4) is 0 Å². The normalized spacial score (nSPS) is 12.5. The van der Waals surface area contributed by atoms with Gasteiger partial charge in [0.2, 0.25) is 0 Å². The number of hydrogen-bond acceptors (Lipinski definition) is 5. The minimum atomic E-state index is -0.358. The summed E-state index contributed by atoms with van der Waals surface area (Å²) < 4.78 is 2.09. The molecule has 54 heavy (non-hydrogen) atoms. The molecule has 0 fully saturated rings. The third-order valence-electron chi connectivity index (χ3n) is 9.99. The molecule has 9 aromatic rings. The number of hydrogen-bond donors (Lipinski definition) is 0. The van der Waals surface area contributed by atoms with Crippen LogP contribution in [-0.4, -0.2) is 31.3 Å². The van der Waals surface area contributed by atoms with Crippen molar-refractivity contribution >= 4 is 39.3 Å². The Balaban J connectivity index is 1.14. The molecule has 254 valence electrons. The summed E-state index contributed by atoms with van der Waals surface area (Å²) in [5.41, 5.74) is 8.08. The van der Waals surface area contributed by atoms with Gasteiger partial charge in [-0.25, -0.2) is 19.9 Å². The molecule has 0 radical (unpaired) electrons. The van der Waals surface area contributed by atoms with Gasteiger partial charge in [0, 0.05) is 33.0 Å². The van der Waals surface area contributed by atoms with E-state index in [2.05, 4.69) is 16.7 Å². The first-order chi connectivity index (χ1) is 26.6. The quantitative estimate of drug-likeness (QED) is 0.162. The van der Waals surface area contributed by atoms with Crippen molar-refractivity contribution in [3.8, 4) is 51.0 Å². The van der Waals surface area contributed by atoms with Crippen LogP contribution in [0.15, 0.2) is 176 Å². The molecule has 1 aliphatic rings. The summed E-state index contributed by atoms with van der Waals surface area (Å²) in [7, 11) is 0. The summed E-state index contributed by atoms with van der Waals surface area (Å²) in [6.07, 6.45) is 0. The van der Waals surface area contributed by atoms with Crippen molar-refractivity contribution < 1.29 is 9.59 Å². The number of rotatable bonds is 6. The number of imide groups is 1. The summed E-state index contributed by atoms with van der Waals surface area (Å²) in [5, 5.41) is 1.96. The lowest BCUT2D eigenvalue weighted by molar-refractivity contribution is 0.0926. The van der Waals surface area contributed by atoms with Crippen molar-refractivity contribution in [3.05, 3.63) is 187 Å². The van der Waals surface area contributed by atoms with Crippen molar-refractivity contribution in [1.29, 1.82) is 0 Å². The minimum absolute atomic E-state index is 0.346. The summed E-state index contributed by atoms with van der Waals surface area (Å²) in [6.45, 7) is 0. The maximum absolute atomic E-state index is 14.6. The van der Waals surface area contributed by atoms with Crippen LogP contribution in [0.4, 0.5) is 5.69 Å². The number of aromatic nitrogens is 4. The third-order valence-corrected chi connectivity index (χ3v) is 9.99. The molecule has 10 rings (SSSR count). The van der Waals surface area contributed by atoms with Crippen LogP contribution < -0.4 is 4.90 Å². The fourth-order valence-corrected chi connectivity index (χ4v) is 7.51. The zero-order chi connectivity index (χ0) is 36.2. The molecule has 0 unspecified atom stereocenters. The molecule has 0 N–H and O–H groups in total. The second-order valence-corrected chi connectivity index (χ2v) is 13.2. The Morgan fingerprint density at radius 3 is 1.57 bits per heavy atom. The summed E-state index contributed by atoms with van der Waals surface area (Å²) >= 11 is 0. The van der Waals surface area contributed by atoms with Gasteiger partial charge in [-0.3, -0.25) is 9.59 Å². The number of para-hydroxylation sites is 2. The van der Waals surface area contributed by atoms with Crippen molar-refractivity contribution in [3.63, 3.8) is 0 Å². The number of carbonyl (C=O) groups excluding carboxylic acids is 2. The van der Waals surface area contributed by atoms with E-state index in [4.69, 9.17) is 15.0 Å². The molecule has 7 nitrogen and oxygen atoms in total. The summed E-state index contributed by atoms with van der Waals surface area (Å²) in [5.74, 6) is 1.02. The van der Waals surface area contributed by atoms with Crippen LogP contribution in [0.25, 0.3) is 72.8 Å². The van der Waals surface area contributed by atoms with E-state index in [1.807, 2.05) is 158 Å². The standard InChI is InChI=1S/C47H29N5O2/c53-46-36-23-14-26-41(42(36)47(54)52(46)38-24-12-10-21-34(38)30-15-4-1-5-16-30)51-39-25-13-11-22-35(39)37-29-33(27-28-40(37)51)45-49-43(31-17-6-2-7-18-31)48-44(50-45)32-19-8-3-9-20-32/h1-29H. The van der Waals surface area contributed by atoms with Crippen molar-refractivity contribution in [2.45, 2.75) is 0 Å². The molecule has 2 aromatic heterocycles. The maximum atomic E-state index is 14.6. The molecule has 0 saturated carbocycles. The monoisotopic (exact) mass is 695 g/mol.